The molecule has 0 radical (unpaired) electrons. The highest BCUT2D eigenvalue weighted by molar-refractivity contribution is 6.03. The van der Waals surface area contributed by atoms with Gasteiger partial charge in [-0.05, 0) is 24.6 Å². The first-order valence-corrected chi connectivity index (χ1v) is 5.67. The number of imide groups is 1. The zero-order valence-corrected chi connectivity index (χ0v) is 9.90. The van der Waals surface area contributed by atoms with Crippen molar-refractivity contribution in [3.63, 3.8) is 0 Å². The largest absolute Gasteiger partial charge is 0.399 e. The predicted molar refractivity (Wildman–Crippen MR) is 64.5 cm³/mol. The molecular weight excluding hydrogens is 253 g/mol. The number of piperidine rings is 1. The zero-order valence-electron chi connectivity index (χ0n) is 9.90. The van der Waals surface area contributed by atoms with E-state index in [0.717, 1.165) is 6.07 Å². The Balaban J connectivity index is 2.09. The Labute approximate surface area is 108 Å². The lowest BCUT2D eigenvalue weighted by Crippen LogP contribution is -2.52. The molecule has 1 atom stereocenters. The molecule has 0 bridgehead atoms. The predicted octanol–water partition coefficient (Wildman–Crippen LogP) is -0.0571. The van der Waals surface area contributed by atoms with Crippen molar-refractivity contribution in [1.82, 2.24) is 10.6 Å². The van der Waals surface area contributed by atoms with E-state index in [1.165, 1.54) is 12.1 Å². The number of carbonyl (C=O) groups excluding carboxylic acids is 3. The lowest BCUT2D eigenvalue weighted by molar-refractivity contribution is -0.134. The summed E-state index contributed by atoms with van der Waals surface area (Å²) < 4.78 is 13.5. The number of benzene rings is 1. The minimum absolute atomic E-state index is 0.140. The number of hydrogen-bond acceptors (Lipinski definition) is 4. The second kappa shape index (κ2) is 5.05. The van der Waals surface area contributed by atoms with Gasteiger partial charge in [-0.25, -0.2) is 4.39 Å². The van der Waals surface area contributed by atoms with Gasteiger partial charge in [-0.3, -0.25) is 19.7 Å². The molecule has 1 aliphatic heterocycles. The lowest BCUT2D eigenvalue weighted by atomic mass is 10.1. The van der Waals surface area contributed by atoms with E-state index in [1.54, 1.807) is 0 Å². The van der Waals surface area contributed by atoms with Gasteiger partial charge in [-0.2, -0.15) is 0 Å². The monoisotopic (exact) mass is 265 g/mol. The van der Waals surface area contributed by atoms with Gasteiger partial charge in [0.1, 0.15) is 11.9 Å². The third kappa shape index (κ3) is 2.87. The van der Waals surface area contributed by atoms with Crippen molar-refractivity contribution >= 4 is 23.4 Å². The van der Waals surface area contributed by atoms with Crippen molar-refractivity contribution in [3.8, 4) is 0 Å². The molecule has 1 aromatic carbocycles. The second-order valence-electron chi connectivity index (χ2n) is 4.22. The van der Waals surface area contributed by atoms with Crippen LogP contribution >= 0.6 is 0 Å². The molecule has 0 aliphatic carbocycles. The van der Waals surface area contributed by atoms with E-state index in [1.807, 2.05) is 0 Å². The van der Waals surface area contributed by atoms with Gasteiger partial charge < -0.3 is 11.1 Å². The fourth-order valence-electron chi connectivity index (χ4n) is 1.78. The molecule has 6 nitrogen and oxygen atoms in total. The van der Waals surface area contributed by atoms with Crippen LogP contribution in [0.3, 0.4) is 0 Å². The highest BCUT2D eigenvalue weighted by atomic mass is 19.1. The summed E-state index contributed by atoms with van der Waals surface area (Å²) in [5.41, 5.74) is 5.38. The maximum atomic E-state index is 13.5. The molecule has 0 spiro atoms. The van der Waals surface area contributed by atoms with E-state index in [2.05, 4.69) is 10.6 Å². The van der Waals surface area contributed by atoms with Crippen LogP contribution in [0.2, 0.25) is 0 Å². The first kappa shape index (κ1) is 13.0. The van der Waals surface area contributed by atoms with Crippen LogP contribution in [0.25, 0.3) is 0 Å². The average molecular weight is 265 g/mol. The van der Waals surface area contributed by atoms with Gasteiger partial charge in [0.2, 0.25) is 11.8 Å². The fraction of sp³-hybridized carbons (Fsp3) is 0.250. The highest BCUT2D eigenvalue weighted by Gasteiger charge is 2.28. The Morgan fingerprint density at radius 1 is 1.42 bits per heavy atom. The SMILES string of the molecule is Nc1ccc(C(=O)N[C@H]2CCC(=O)NC2=O)c(F)c1. The van der Waals surface area contributed by atoms with Crippen LogP contribution in [0.4, 0.5) is 10.1 Å². The fourth-order valence-corrected chi connectivity index (χ4v) is 1.78. The Bertz CT molecular complexity index is 559. The number of carbonyl (C=O) groups is 3. The molecule has 1 aromatic rings. The molecule has 1 fully saturated rings. The van der Waals surface area contributed by atoms with E-state index < -0.39 is 23.7 Å². The van der Waals surface area contributed by atoms with Gasteiger partial charge in [0.15, 0.2) is 0 Å². The minimum Gasteiger partial charge on any atom is -0.399 e. The van der Waals surface area contributed by atoms with E-state index >= 15 is 0 Å². The van der Waals surface area contributed by atoms with E-state index in [0.29, 0.717) is 0 Å². The molecule has 3 amide bonds. The molecule has 7 heteroatoms. The van der Waals surface area contributed by atoms with Gasteiger partial charge in [-0.1, -0.05) is 0 Å². The first-order chi connectivity index (χ1) is 8.97. The Morgan fingerprint density at radius 2 is 2.16 bits per heavy atom. The van der Waals surface area contributed by atoms with Crippen LogP contribution in [0.5, 0.6) is 0 Å². The van der Waals surface area contributed by atoms with Gasteiger partial charge >= 0.3 is 0 Å². The van der Waals surface area contributed by atoms with E-state index in [9.17, 15) is 18.8 Å². The van der Waals surface area contributed by atoms with Crippen molar-refractivity contribution in [2.24, 2.45) is 0 Å². The summed E-state index contributed by atoms with van der Waals surface area (Å²) in [5, 5.41) is 4.49. The van der Waals surface area contributed by atoms with Crippen molar-refractivity contribution in [3.05, 3.63) is 29.6 Å². The molecule has 0 aromatic heterocycles. The summed E-state index contributed by atoms with van der Waals surface area (Å²) in [4.78, 5) is 34.2. The molecule has 0 unspecified atom stereocenters. The maximum Gasteiger partial charge on any atom is 0.254 e. The quantitative estimate of drug-likeness (QED) is 0.515. The summed E-state index contributed by atoms with van der Waals surface area (Å²) in [6, 6.07) is 2.83. The number of nitrogens with two attached hydrogens (primary N) is 1. The molecule has 2 rings (SSSR count). The molecule has 100 valence electrons. The van der Waals surface area contributed by atoms with Gasteiger partial charge in [0.05, 0.1) is 5.56 Å². The zero-order chi connectivity index (χ0) is 14.0. The Kier molecular flexibility index (Phi) is 3.46. The summed E-state index contributed by atoms with van der Waals surface area (Å²) >= 11 is 0. The standard InChI is InChI=1S/C12H12FN3O3/c13-8-5-6(14)1-2-7(8)11(18)15-9-3-4-10(17)16-12(9)19/h1-2,5,9H,3-4,14H2,(H,15,18)(H,16,17,19)/t9-/m0/s1. The van der Waals surface area contributed by atoms with Crippen LogP contribution in [-0.2, 0) is 9.59 Å². The number of nitrogens with one attached hydrogen (secondary N) is 2. The van der Waals surface area contributed by atoms with Crippen LogP contribution in [0, 0.1) is 5.82 Å². The molecule has 4 N–H and O–H groups in total. The summed E-state index contributed by atoms with van der Waals surface area (Å²) in [5.74, 6) is -2.44. The first-order valence-electron chi connectivity index (χ1n) is 5.67. The molecule has 19 heavy (non-hydrogen) atoms. The Hall–Kier alpha value is -2.44. The number of rotatable bonds is 2. The minimum atomic E-state index is -0.831. The number of anilines is 1. The van der Waals surface area contributed by atoms with Crippen molar-refractivity contribution in [2.45, 2.75) is 18.9 Å². The lowest BCUT2D eigenvalue weighted by Gasteiger charge is -2.21. The normalized spacial score (nSPS) is 18.9. The molecule has 1 heterocycles. The van der Waals surface area contributed by atoms with Crippen LogP contribution in [-0.4, -0.2) is 23.8 Å². The molecule has 1 saturated heterocycles. The molecular formula is C12H12FN3O3. The van der Waals surface area contributed by atoms with Crippen LogP contribution in [0.15, 0.2) is 18.2 Å². The molecule has 0 saturated carbocycles. The molecule has 1 aliphatic rings. The average Bonchev–Trinajstić information content (AvgIpc) is 2.32. The number of nitrogen functional groups attached to an aromatic ring is 1. The van der Waals surface area contributed by atoms with Gasteiger partial charge in [-0.15, -0.1) is 0 Å². The van der Waals surface area contributed by atoms with Crippen LogP contribution in [0.1, 0.15) is 23.2 Å². The van der Waals surface area contributed by atoms with Gasteiger partial charge in [0, 0.05) is 12.1 Å². The van der Waals surface area contributed by atoms with Crippen LogP contribution < -0.4 is 16.4 Å². The highest BCUT2D eigenvalue weighted by Crippen LogP contribution is 2.13. The number of amides is 3. The summed E-state index contributed by atoms with van der Waals surface area (Å²) in [6.45, 7) is 0. The number of hydrogen-bond donors (Lipinski definition) is 3. The van der Waals surface area contributed by atoms with Gasteiger partial charge in [0.25, 0.3) is 5.91 Å². The third-order valence-electron chi connectivity index (χ3n) is 2.78. The second-order valence-corrected chi connectivity index (χ2v) is 4.22. The van der Waals surface area contributed by atoms with E-state index in [-0.39, 0.29) is 30.0 Å². The topological polar surface area (TPSA) is 101 Å². The Morgan fingerprint density at radius 3 is 2.79 bits per heavy atom. The third-order valence-corrected chi connectivity index (χ3v) is 2.78. The number of halogens is 1. The summed E-state index contributed by atoms with van der Waals surface area (Å²) in [7, 11) is 0. The smallest absolute Gasteiger partial charge is 0.254 e. The maximum absolute atomic E-state index is 13.5. The van der Waals surface area contributed by atoms with Crippen molar-refractivity contribution < 1.29 is 18.8 Å². The summed E-state index contributed by atoms with van der Waals surface area (Å²) in [6.07, 6.45) is 0.341. The van der Waals surface area contributed by atoms with E-state index in [4.69, 9.17) is 5.73 Å². The van der Waals surface area contributed by atoms with Crippen molar-refractivity contribution in [1.29, 1.82) is 0 Å². The van der Waals surface area contributed by atoms with Crippen molar-refractivity contribution in [2.75, 3.05) is 5.73 Å².